The molecule has 0 aromatic heterocycles. The van der Waals surface area contributed by atoms with Gasteiger partial charge in [0.15, 0.2) is 0 Å². The molecular weight excluding hydrogens is 299 g/mol. The molecule has 0 aromatic rings. The van der Waals surface area contributed by atoms with Crippen molar-refractivity contribution in [3.05, 3.63) is 0 Å². The van der Waals surface area contributed by atoms with Crippen molar-refractivity contribution in [2.45, 2.75) is 91.7 Å². The summed E-state index contributed by atoms with van der Waals surface area (Å²) in [5, 5.41) is 0. The lowest BCUT2D eigenvalue weighted by molar-refractivity contribution is -0.164. The van der Waals surface area contributed by atoms with Gasteiger partial charge in [0.05, 0.1) is 0 Å². The minimum Gasteiger partial charge on any atom is -0.300 e. The van der Waals surface area contributed by atoms with Crippen LogP contribution >= 0.6 is 0 Å². The van der Waals surface area contributed by atoms with E-state index in [1.54, 1.807) is 0 Å². The van der Waals surface area contributed by atoms with Gasteiger partial charge in [-0.25, -0.2) is 4.39 Å². The Bertz CT molecular complexity index is 544. The first-order valence-corrected chi connectivity index (χ1v) is 10.4. The average molecular weight is 335 g/mol. The zero-order valence-electron chi connectivity index (χ0n) is 16.0. The molecule has 4 fully saturated rings. The van der Waals surface area contributed by atoms with Gasteiger partial charge in [-0.05, 0) is 98.7 Å². The summed E-state index contributed by atoms with van der Waals surface area (Å²) < 4.78 is 14.2. The van der Waals surface area contributed by atoms with Crippen LogP contribution in [0.5, 0.6) is 0 Å². The van der Waals surface area contributed by atoms with Crippen LogP contribution in [-0.2, 0) is 4.79 Å². The number of alkyl halides is 1. The number of Topliss-reactive ketones (excluding diaryl/α,β-unsaturated/α-hetero) is 1. The summed E-state index contributed by atoms with van der Waals surface area (Å²) in [5.41, 5.74) is 0.751. The maximum absolute atomic E-state index is 14.2. The second-order valence-electron chi connectivity index (χ2n) is 10.5. The van der Waals surface area contributed by atoms with E-state index in [1.165, 1.54) is 32.1 Å². The molecule has 8 unspecified atom stereocenters. The summed E-state index contributed by atoms with van der Waals surface area (Å²) in [4.78, 5) is 12.2. The Balaban J connectivity index is 1.65. The van der Waals surface area contributed by atoms with Crippen LogP contribution in [0.3, 0.4) is 0 Å². The van der Waals surface area contributed by atoms with Crippen LogP contribution in [0.2, 0.25) is 0 Å². The third kappa shape index (κ3) is 2.07. The predicted octanol–water partition coefficient (Wildman–Crippen LogP) is 5.96. The van der Waals surface area contributed by atoms with E-state index in [9.17, 15) is 9.18 Å². The minimum atomic E-state index is -0.581. The average Bonchev–Trinajstić information content (AvgIpc) is 2.86. The van der Waals surface area contributed by atoms with Crippen LogP contribution in [0.25, 0.3) is 0 Å². The van der Waals surface area contributed by atoms with Crippen molar-refractivity contribution < 1.29 is 9.18 Å². The van der Waals surface area contributed by atoms with E-state index in [0.29, 0.717) is 17.1 Å². The number of halogens is 1. The molecule has 0 radical (unpaired) electrons. The predicted molar refractivity (Wildman–Crippen MR) is 95.4 cm³/mol. The summed E-state index contributed by atoms with van der Waals surface area (Å²) in [6, 6.07) is 0. The van der Waals surface area contributed by atoms with Gasteiger partial charge in [0.25, 0.3) is 0 Å². The molecular formula is C22H35FO. The van der Waals surface area contributed by atoms with E-state index in [4.69, 9.17) is 0 Å². The van der Waals surface area contributed by atoms with Crippen molar-refractivity contribution >= 4 is 5.78 Å². The lowest BCUT2D eigenvalue weighted by Gasteiger charge is -2.65. The van der Waals surface area contributed by atoms with Crippen LogP contribution < -0.4 is 0 Å². The zero-order valence-corrected chi connectivity index (χ0v) is 16.0. The van der Waals surface area contributed by atoms with E-state index < -0.39 is 6.17 Å². The zero-order chi connectivity index (χ0) is 17.3. The molecule has 0 aromatic carbocycles. The number of rotatable bonds is 1. The summed E-state index contributed by atoms with van der Waals surface area (Å²) in [6.07, 6.45) is 9.36. The van der Waals surface area contributed by atoms with Gasteiger partial charge in [-0.15, -0.1) is 0 Å². The van der Waals surface area contributed by atoms with Gasteiger partial charge in [0.1, 0.15) is 12.0 Å². The largest absolute Gasteiger partial charge is 0.300 e. The lowest BCUT2D eigenvalue weighted by Crippen LogP contribution is -2.58. The van der Waals surface area contributed by atoms with Gasteiger partial charge in [-0.1, -0.05) is 20.8 Å². The minimum absolute atomic E-state index is 0.193. The molecule has 4 saturated carbocycles. The highest BCUT2D eigenvalue weighted by atomic mass is 19.1. The Labute approximate surface area is 147 Å². The van der Waals surface area contributed by atoms with E-state index >= 15 is 0 Å². The lowest BCUT2D eigenvalue weighted by atomic mass is 9.40. The normalized spacial score (nSPS) is 57.0. The number of fused-ring (bicyclic) bond motifs is 5. The van der Waals surface area contributed by atoms with Crippen molar-refractivity contribution in [2.75, 3.05) is 0 Å². The quantitative estimate of drug-likeness (QED) is 0.578. The topological polar surface area (TPSA) is 17.1 Å². The van der Waals surface area contributed by atoms with Gasteiger partial charge in [0.2, 0.25) is 0 Å². The first kappa shape index (κ1) is 17.0. The Kier molecular flexibility index (Phi) is 3.76. The molecule has 4 aliphatic carbocycles. The molecule has 0 amide bonds. The van der Waals surface area contributed by atoms with E-state index in [2.05, 4.69) is 20.8 Å². The Morgan fingerprint density at radius 2 is 1.67 bits per heavy atom. The van der Waals surface area contributed by atoms with Crippen molar-refractivity contribution in [1.82, 2.24) is 0 Å². The number of carbonyl (C=O) groups is 1. The van der Waals surface area contributed by atoms with Gasteiger partial charge >= 0.3 is 0 Å². The summed E-state index contributed by atoms with van der Waals surface area (Å²) >= 11 is 0. The second kappa shape index (κ2) is 5.30. The fraction of sp³-hybridized carbons (Fsp3) is 0.955. The molecule has 0 spiro atoms. The molecule has 0 saturated heterocycles. The maximum atomic E-state index is 14.2. The van der Waals surface area contributed by atoms with Crippen LogP contribution in [-0.4, -0.2) is 12.0 Å². The monoisotopic (exact) mass is 334 g/mol. The number of ketones is 1. The number of hydrogen-bond donors (Lipinski definition) is 0. The maximum Gasteiger partial charge on any atom is 0.133 e. The summed E-state index contributed by atoms with van der Waals surface area (Å²) in [5.74, 6) is 2.99. The Morgan fingerprint density at radius 1 is 0.917 bits per heavy atom. The highest BCUT2D eigenvalue weighted by Crippen LogP contribution is 2.70. The smallest absolute Gasteiger partial charge is 0.133 e. The van der Waals surface area contributed by atoms with Gasteiger partial charge in [-0.2, -0.15) is 0 Å². The molecule has 1 nitrogen and oxygen atoms in total. The third-order valence-corrected chi connectivity index (χ3v) is 9.80. The highest BCUT2D eigenvalue weighted by Gasteiger charge is 2.63. The Hall–Kier alpha value is -0.400. The molecule has 0 aliphatic heterocycles. The summed E-state index contributed by atoms with van der Waals surface area (Å²) in [6.45, 7) is 9.11. The molecule has 4 aliphatic rings. The van der Waals surface area contributed by atoms with Crippen LogP contribution in [0, 0.1) is 39.9 Å². The first-order chi connectivity index (χ1) is 11.2. The Morgan fingerprint density at radius 3 is 2.38 bits per heavy atom. The van der Waals surface area contributed by atoms with Gasteiger partial charge in [0, 0.05) is 5.92 Å². The first-order valence-electron chi connectivity index (χ1n) is 10.4. The van der Waals surface area contributed by atoms with Crippen molar-refractivity contribution in [2.24, 2.45) is 39.9 Å². The van der Waals surface area contributed by atoms with Crippen molar-refractivity contribution in [3.63, 3.8) is 0 Å². The van der Waals surface area contributed by atoms with E-state index in [1.807, 2.05) is 6.92 Å². The molecule has 4 rings (SSSR count). The molecule has 0 heterocycles. The SMILES string of the molecule is CC(=O)C1CCC2C3CCC4(C)CC(F)CCC4(C)C3CCC12C. The van der Waals surface area contributed by atoms with Gasteiger partial charge < -0.3 is 0 Å². The molecule has 2 heteroatoms. The molecule has 136 valence electrons. The highest BCUT2D eigenvalue weighted by molar-refractivity contribution is 5.79. The van der Waals surface area contributed by atoms with Crippen LogP contribution in [0.1, 0.15) is 85.5 Å². The van der Waals surface area contributed by atoms with E-state index in [-0.39, 0.29) is 10.8 Å². The molecule has 8 atom stereocenters. The van der Waals surface area contributed by atoms with Gasteiger partial charge in [-0.3, -0.25) is 4.79 Å². The number of carbonyl (C=O) groups excluding carboxylic acids is 1. The molecule has 0 N–H and O–H groups in total. The second-order valence-corrected chi connectivity index (χ2v) is 10.5. The van der Waals surface area contributed by atoms with Crippen molar-refractivity contribution in [3.8, 4) is 0 Å². The van der Waals surface area contributed by atoms with E-state index in [0.717, 1.165) is 43.4 Å². The third-order valence-electron chi connectivity index (χ3n) is 9.80. The molecule has 24 heavy (non-hydrogen) atoms. The molecule has 0 bridgehead atoms. The fourth-order valence-corrected chi connectivity index (χ4v) is 8.24. The van der Waals surface area contributed by atoms with Crippen molar-refractivity contribution in [1.29, 1.82) is 0 Å². The fourth-order valence-electron chi connectivity index (χ4n) is 8.24. The number of hydrogen-bond acceptors (Lipinski definition) is 1. The summed E-state index contributed by atoms with van der Waals surface area (Å²) in [7, 11) is 0. The van der Waals surface area contributed by atoms with Crippen LogP contribution in [0.4, 0.5) is 4.39 Å². The van der Waals surface area contributed by atoms with Crippen LogP contribution in [0.15, 0.2) is 0 Å². The standard InChI is InChI=1S/C22H35FO/c1-14(24)17-5-6-18-16-8-10-20(2)13-15(23)7-12-22(20,4)19(16)9-11-21(17,18)3/h15-19H,5-13H2,1-4H3.